The van der Waals surface area contributed by atoms with Crippen molar-refractivity contribution in [3.63, 3.8) is 0 Å². The van der Waals surface area contributed by atoms with Crippen LogP contribution in [0.3, 0.4) is 0 Å². The second kappa shape index (κ2) is 14.6. The molecule has 2 heterocycles. The normalized spacial score (nSPS) is 16.8. The van der Waals surface area contributed by atoms with E-state index in [1.807, 2.05) is 60.7 Å². The smallest absolute Gasteiger partial charge is 0.315 e. The van der Waals surface area contributed by atoms with Gasteiger partial charge in [0.15, 0.2) is 0 Å². The molecular formula is C25H30Br2O7. The van der Waals surface area contributed by atoms with Crippen LogP contribution < -0.4 is 0 Å². The maximum Gasteiger partial charge on any atom is 0.315 e. The topological polar surface area (TPSA) is 102 Å². The summed E-state index contributed by atoms with van der Waals surface area (Å²) in [6, 6.07) is 19.2. The predicted octanol–water partition coefficient (Wildman–Crippen LogP) is 4.19. The molecule has 4 rings (SSSR count). The quantitative estimate of drug-likeness (QED) is 0.345. The van der Waals surface area contributed by atoms with Gasteiger partial charge in [0.1, 0.15) is 12.0 Å². The fourth-order valence-corrected chi connectivity index (χ4v) is 3.99. The molecular weight excluding hydrogens is 572 g/mol. The maximum atomic E-state index is 11.7. The molecule has 0 radical (unpaired) electrons. The van der Waals surface area contributed by atoms with Crippen LogP contribution in [0, 0.1) is 10.8 Å². The minimum absolute atomic E-state index is 0.0478. The molecule has 2 aliphatic heterocycles. The van der Waals surface area contributed by atoms with Crippen LogP contribution in [-0.4, -0.2) is 59.2 Å². The molecule has 2 aliphatic rings. The molecule has 2 aromatic carbocycles. The lowest BCUT2D eigenvalue weighted by Crippen LogP contribution is -2.50. The Labute approximate surface area is 216 Å². The van der Waals surface area contributed by atoms with Crippen LogP contribution >= 0.6 is 31.9 Å². The summed E-state index contributed by atoms with van der Waals surface area (Å²) in [4.78, 5) is 22.1. The standard InChI is InChI=1S/C13H15BrO3.C7H8O.C5H7BrO3/c14-8-13(9-16-10-13)6-12(15)17-7-11-4-2-1-3-5-11;8-6-7-4-2-1-3-5-7;6-1-5(4(7)8)2-9-3-5/h1-5H,6-10H2;1-5,8H,6H2;1-3H2,(H,7,8). The van der Waals surface area contributed by atoms with Gasteiger partial charge in [0.2, 0.25) is 0 Å². The van der Waals surface area contributed by atoms with Gasteiger partial charge < -0.3 is 24.4 Å². The van der Waals surface area contributed by atoms with Crippen LogP contribution in [-0.2, 0) is 37.0 Å². The summed E-state index contributed by atoms with van der Waals surface area (Å²) in [5, 5.41) is 18.4. The van der Waals surface area contributed by atoms with E-state index in [2.05, 4.69) is 31.9 Å². The molecule has 0 aromatic heterocycles. The van der Waals surface area contributed by atoms with Crippen molar-refractivity contribution in [3.8, 4) is 0 Å². The molecule has 2 fully saturated rings. The number of aliphatic carboxylic acids is 1. The molecule has 0 saturated carbocycles. The molecule has 2 saturated heterocycles. The first-order chi connectivity index (χ1) is 16.4. The minimum atomic E-state index is -0.773. The molecule has 0 aliphatic carbocycles. The summed E-state index contributed by atoms with van der Waals surface area (Å²) >= 11 is 6.54. The number of carbonyl (C=O) groups is 2. The number of aliphatic hydroxyl groups is 1. The van der Waals surface area contributed by atoms with E-state index < -0.39 is 11.4 Å². The highest BCUT2D eigenvalue weighted by atomic mass is 79.9. The van der Waals surface area contributed by atoms with Crippen molar-refractivity contribution >= 4 is 43.8 Å². The fourth-order valence-electron chi connectivity index (χ4n) is 2.90. The van der Waals surface area contributed by atoms with Crippen LogP contribution in [0.2, 0.25) is 0 Å². The van der Waals surface area contributed by atoms with Gasteiger partial charge in [0.05, 0.1) is 39.5 Å². The number of benzene rings is 2. The number of rotatable bonds is 8. The van der Waals surface area contributed by atoms with Crippen molar-refractivity contribution in [2.45, 2.75) is 19.6 Å². The van der Waals surface area contributed by atoms with Gasteiger partial charge in [0.25, 0.3) is 0 Å². The molecule has 0 bridgehead atoms. The molecule has 2 aromatic rings. The number of halogens is 2. The Morgan fingerprint density at radius 3 is 1.68 bits per heavy atom. The van der Waals surface area contributed by atoms with E-state index in [9.17, 15) is 9.59 Å². The first-order valence-electron chi connectivity index (χ1n) is 10.7. The number of ether oxygens (including phenoxy) is 3. The zero-order chi connectivity index (χ0) is 24.9. The highest BCUT2D eigenvalue weighted by Crippen LogP contribution is 2.33. The van der Waals surface area contributed by atoms with Gasteiger partial charge in [0, 0.05) is 16.1 Å². The van der Waals surface area contributed by atoms with E-state index in [1.54, 1.807) is 0 Å². The van der Waals surface area contributed by atoms with E-state index in [0.29, 0.717) is 44.8 Å². The first-order valence-corrected chi connectivity index (χ1v) is 13.0. The second-order valence-electron chi connectivity index (χ2n) is 8.31. The Morgan fingerprint density at radius 1 is 0.853 bits per heavy atom. The average Bonchev–Trinajstić information content (AvgIpc) is 2.81. The van der Waals surface area contributed by atoms with E-state index in [-0.39, 0.29) is 18.0 Å². The van der Waals surface area contributed by atoms with Crippen molar-refractivity contribution in [3.05, 3.63) is 71.8 Å². The Hall–Kier alpha value is -1.78. The molecule has 0 spiro atoms. The summed E-state index contributed by atoms with van der Waals surface area (Å²) in [7, 11) is 0. The SMILES string of the molecule is O=C(CC1(CBr)COC1)OCc1ccccc1.O=C(O)C1(CBr)COC1.OCc1ccccc1. The van der Waals surface area contributed by atoms with E-state index in [4.69, 9.17) is 24.4 Å². The van der Waals surface area contributed by atoms with Crippen molar-refractivity contribution in [1.29, 1.82) is 0 Å². The number of alkyl halides is 2. The molecule has 0 atom stereocenters. The van der Waals surface area contributed by atoms with Crippen LogP contribution in [0.5, 0.6) is 0 Å². The zero-order valence-electron chi connectivity index (χ0n) is 18.8. The zero-order valence-corrected chi connectivity index (χ0v) is 22.0. The Kier molecular flexibility index (Phi) is 12.2. The maximum absolute atomic E-state index is 11.7. The van der Waals surface area contributed by atoms with Gasteiger partial charge in [-0.15, -0.1) is 0 Å². The number of esters is 1. The first kappa shape index (κ1) is 28.5. The largest absolute Gasteiger partial charge is 0.481 e. The van der Waals surface area contributed by atoms with Crippen LogP contribution in [0.15, 0.2) is 60.7 Å². The predicted molar refractivity (Wildman–Crippen MR) is 135 cm³/mol. The van der Waals surface area contributed by atoms with Gasteiger partial charge in [-0.1, -0.05) is 92.5 Å². The van der Waals surface area contributed by atoms with Crippen LogP contribution in [0.1, 0.15) is 17.5 Å². The van der Waals surface area contributed by atoms with Crippen molar-refractivity contribution in [2.75, 3.05) is 37.1 Å². The summed E-state index contributed by atoms with van der Waals surface area (Å²) in [6.45, 7) is 2.44. The molecule has 34 heavy (non-hydrogen) atoms. The van der Waals surface area contributed by atoms with Crippen molar-refractivity contribution < 1.29 is 34.0 Å². The summed E-state index contributed by atoms with van der Waals surface area (Å²) in [6.07, 6.45) is 0.422. The van der Waals surface area contributed by atoms with Gasteiger partial charge in [-0.05, 0) is 11.1 Å². The van der Waals surface area contributed by atoms with Gasteiger partial charge >= 0.3 is 11.9 Å². The average molecular weight is 602 g/mol. The van der Waals surface area contributed by atoms with Gasteiger partial charge in [-0.2, -0.15) is 0 Å². The van der Waals surface area contributed by atoms with E-state index in [1.165, 1.54) is 0 Å². The van der Waals surface area contributed by atoms with E-state index >= 15 is 0 Å². The lowest BCUT2D eigenvalue weighted by Gasteiger charge is -2.39. The van der Waals surface area contributed by atoms with Crippen molar-refractivity contribution in [2.24, 2.45) is 10.8 Å². The van der Waals surface area contributed by atoms with Gasteiger partial charge in [-0.3, -0.25) is 9.59 Å². The number of hydrogen-bond acceptors (Lipinski definition) is 6. The molecule has 7 nitrogen and oxygen atoms in total. The third kappa shape index (κ3) is 8.78. The molecule has 0 unspecified atom stereocenters. The molecule has 2 N–H and O–H groups in total. The van der Waals surface area contributed by atoms with Gasteiger partial charge in [-0.25, -0.2) is 0 Å². The highest BCUT2D eigenvalue weighted by Gasteiger charge is 2.45. The third-order valence-electron chi connectivity index (χ3n) is 5.35. The lowest BCUT2D eigenvalue weighted by molar-refractivity contribution is -0.174. The number of carboxylic acid groups (broad SMARTS) is 1. The highest BCUT2D eigenvalue weighted by molar-refractivity contribution is 9.09. The van der Waals surface area contributed by atoms with Crippen LogP contribution in [0.4, 0.5) is 0 Å². The minimum Gasteiger partial charge on any atom is -0.481 e. The molecule has 9 heteroatoms. The lowest BCUT2D eigenvalue weighted by atomic mass is 9.85. The van der Waals surface area contributed by atoms with Crippen molar-refractivity contribution in [1.82, 2.24) is 0 Å². The molecule has 186 valence electrons. The second-order valence-corrected chi connectivity index (χ2v) is 9.43. The summed E-state index contributed by atoms with van der Waals surface area (Å²) < 4.78 is 15.2. The summed E-state index contributed by atoms with van der Waals surface area (Å²) in [5.41, 5.74) is 1.31. The number of carbonyl (C=O) groups excluding carboxylic acids is 1. The fraction of sp³-hybridized carbons (Fsp3) is 0.440. The van der Waals surface area contributed by atoms with E-state index in [0.717, 1.165) is 16.5 Å². The Morgan fingerprint density at radius 2 is 1.38 bits per heavy atom. The Balaban J connectivity index is 0.000000201. The number of hydrogen-bond donors (Lipinski definition) is 2. The Bertz CT molecular complexity index is 858. The van der Waals surface area contributed by atoms with Crippen LogP contribution in [0.25, 0.3) is 0 Å². The monoisotopic (exact) mass is 600 g/mol. The number of aliphatic hydroxyl groups excluding tert-OH is 1. The number of carboxylic acids is 1. The summed E-state index contributed by atoms with van der Waals surface area (Å²) in [5.74, 6) is -0.928. The molecule has 0 amide bonds. The third-order valence-corrected chi connectivity index (χ3v) is 7.62.